The number of methoxy groups -OCH3 is 1. The van der Waals surface area contributed by atoms with Crippen molar-refractivity contribution in [3.05, 3.63) is 51.8 Å². The van der Waals surface area contributed by atoms with Gasteiger partial charge in [0.2, 0.25) is 0 Å². The van der Waals surface area contributed by atoms with Gasteiger partial charge < -0.3 is 15.2 Å². The van der Waals surface area contributed by atoms with E-state index < -0.39 is 11.5 Å². The van der Waals surface area contributed by atoms with Crippen molar-refractivity contribution in [2.24, 2.45) is 7.05 Å². The Bertz CT molecular complexity index is 957. The van der Waals surface area contributed by atoms with Crippen LogP contribution in [0.2, 0.25) is 0 Å². The molecule has 8 nitrogen and oxygen atoms in total. The van der Waals surface area contributed by atoms with E-state index in [0.717, 1.165) is 5.56 Å². The van der Waals surface area contributed by atoms with Crippen LogP contribution >= 0.6 is 0 Å². The van der Waals surface area contributed by atoms with Gasteiger partial charge in [-0.2, -0.15) is 5.10 Å². The Kier molecular flexibility index (Phi) is 3.95. The average molecular weight is 328 g/mol. The normalized spacial score (nSPS) is 10.8. The minimum absolute atomic E-state index is 0.226. The molecule has 0 aliphatic carbocycles. The van der Waals surface area contributed by atoms with Crippen LogP contribution in [0.15, 0.2) is 35.1 Å². The number of esters is 1. The Morgan fingerprint density at radius 3 is 2.75 bits per heavy atom. The molecule has 3 N–H and O–H groups in total. The van der Waals surface area contributed by atoms with Crippen LogP contribution in [0, 0.1) is 0 Å². The number of nitrogens with zero attached hydrogens (tertiary/aromatic N) is 2. The van der Waals surface area contributed by atoms with E-state index in [4.69, 9.17) is 0 Å². The minimum atomic E-state index is -0.415. The molecule has 124 valence electrons. The molecule has 0 aliphatic heterocycles. The molecule has 0 unspecified atom stereocenters. The molecule has 1 aromatic carbocycles. The fraction of sp³-hybridized carbons (Fsp3) is 0.188. The van der Waals surface area contributed by atoms with Crippen LogP contribution in [0.5, 0.6) is 5.88 Å². The van der Waals surface area contributed by atoms with Crippen molar-refractivity contribution in [2.75, 3.05) is 12.4 Å². The highest BCUT2D eigenvalue weighted by molar-refractivity contribution is 5.90. The number of aromatic hydroxyl groups is 1. The van der Waals surface area contributed by atoms with Gasteiger partial charge in [-0.1, -0.05) is 12.1 Å². The Morgan fingerprint density at radius 1 is 1.38 bits per heavy atom. The van der Waals surface area contributed by atoms with Crippen LogP contribution in [-0.4, -0.2) is 33.0 Å². The standard InChI is InChI=1S/C16H16N4O4/c1-20-14(13-11(19-20)7-12(21)18-15(13)22)17-8-9-3-5-10(6-4-9)16(23)24-2/h3-7,17,21H,8H2,1-2H3,(H,18,22). The number of H-pyrrole nitrogens is 1. The Labute approximate surface area is 136 Å². The molecular weight excluding hydrogens is 312 g/mol. The molecule has 0 saturated carbocycles. The Balaban J connectivity index is 1.85. The number of ether oxygens (including phenoxy) is 1. The molecule has 0 fully saturated rings. The first-order valence-electron chi connectivity index (χ1n) is 7.19. The summed E-state index contributed by atoms with van der Waals surface area (Å²) in [4.78, 5) is 25.8. The topological polar surface area (TPSA) is 109 Å². The number of benzene rings is 1. The lowest BCUT2D eigenvalue weighted by molar-refractivity contribution is 0.0600. The number of aromatic amines is 1. The van der Waals surface area contributed by atoms with Gasteiger partial charge in [0.05, 0.1) is 12.7 Å². The number of carbonyl (C=O) groups excluding carboxylic acids is 1. The second-order valence-electron chi connectivity index (χ2n) is 5.26. The molecule has 24 heavy (non-hydrogen) atoms. The highest BCUT2D eigenvalue weighted by Gasteiger charge is 2.13. The number of nitrogens with one attached hydrogen (secondary N) is 2. The lowest BCUT2D eigenvalue weighted by atomic mass is 10.1. The van der Waals surface area contributed by atoms with Gasteiger partial charge in [-0.3, -0.25) is 14.5 Å². The third kappa shape index (κ3) is 2.81. The maximum Gasteiger partial charge on any atom is 0.337 e. The van der Waals surface area contributed by atoms with Gasteiger partial charge in [0, 0.05) is 19.7 Å². The minimum Gasteiger partial charge on any atom is -0.494 e. The first-order valence-corrected chi connectivity index (χ1v) is 7.19. The molecule has 0 spiro atoms. The molecule has 3 rings (SSSR count). The molecule has 0 atom stereocenters. The zero-order valence-electron chi connectivity index (χ0n) is 13.2. The molecular formula is C16H16N4O4. The van der Waals surface area contributed by atoms with E-state index in [1.165, 1.54) is 13.2 Å². The Morgan fingerprint density at radius 2 is 2.08 bits per heavy atom. The van der Waals surface area contributed by atoms with Crippen LogP contribution in [0.1, 0.15) is 15.9 Å². The maximum absolute atomic E-state index is 12.0. The largest absolute Gasteiger partial charge is 0.494 e. The van der Waals surface area contributed by atoms with Gasteiger partial charge in [0.15, 0.2) is 5.88 Å². The average Bonchev–Trinajstić information content (AvgIpc) is 2.88. The predicted octanol–water partition coefficient (Wildman–Crippen LogP) is 1.37. The van der Waals surface area contributed by atoms with E-state index in [0.29, 0.717) is 28.8 Å². The van der Waals surface area contributed by atoms with Crippen molar-refractivity contribution in [2.45, 2.75) is 6.54 Å². The van der Waals surface area contributed by atoms with Crippen molar-refractivity contribution in [3.8, 4) is 5.88 Å². The van der Waals surface area contributed by atoms with E-state index >= 15 is 0 Å². The summed E-state index contributed by atoms with van der Waals surface area (Å²) < 4.78 is 6.20. The van der Waals surface area contributed by atoms with Crippen molar-refractivity contribution >= 4 is 22.7 Å². The van der Waals surface area contributed by atoms with E-state index in [1.54, 1.807) is 36.0 Å². The lowest BCUT2D eigenvalue weighted by Crippen LogP contribution is -2.10. The molecule has 8 heteroatoms. The second kappa shape index (κ2) is 6.07. The lowest BCUT2D eigenvalue weighted by Gasteiger charge is -2.07. The van der Waals surface area contributed by atoms with Crippen molar-refractivity contribution in [1.82, 2.24) is 14.8 Å². The monoisotopic (exact) mass is 328 g/mol. The summed E-state index contributed by atoms with van der Waals surface area (Å²) in [6.45, 7) is 0.441. The van der Waals surface area contributed by atoms with Crippen molar-refractivity contribution in [1.29, 1.82) is 0 Å². The number of pyridine rings is 1. The third-order valence-corrected chi connectivity index (χ3v) is 3.65. The zero-order chi connectivity index (χ0) is 17.3. The van der Waals surface area contributed by atoms with Gasteiger partial charge in [0.25, 0.3) is 5.56 Å². The van der Waals surface area contributed by atoms with Gasteiger partial charge in [-0.15, -0.1) is 0 Å². The van der Waals surface area contributed by atoms with Crippen LogP contribution < -0.4 is 10.9 Å². The number of rotatable bonds is 4. The predicted molar refractivity (Wildman–Crippen MR) is 88.1 cm³/mol. The molecule has 3 aromatic rings. The summed E-state index contributed by atoms with van der Waals surface area (Å²) in [5.41, 5.74) is 1.38. The number of fused-ring (bicyclic) bond motifs is 1. The summed E-state index contributed by atoms with van der Waals surface area (Å²) in [6.07, 6.45) is 0. The number of aromatic nitrogens is 3. The first kappa shape index (κ1) is 15.6. The molecule has 0 aliphatic rings. The molecule has 0 amide bonds. The van der Waals surface area contributed by atoms with Crippen LogP contribution in [-0.2, 0) is 18.3 Å². The number of hydrogen-bond acceptors (Lipinski definition) is 6. The number of anilines is 1. The zero-order valence-corrected chi connectivity index (χ0v) is 13.2. The SMILES string of the molecule is COC(=O)c1ccc(CNc2c3c(=O)[nH]c(O)cc3nn2C)cc1. The second-order valence-corrected chi connectivity index (χ2v) is 5.26. The number of aryl methyl sites for hydroxylation is 1. The van der Waals surface area contributed by atoms with Gasteiger partial charge in [0.1, 0.15) is 16.7 Å². The fourth-order valence-electron chi connectivity index (χ4n) is 2.48. The molecule has 0 bridgehead atoms. The quantitative estimate of drug-likeness (QED) is 0.624. The summed E-state index contributed by atoms with van der Waals surface area (Å²) in [5, 5.41) is 17.2. The third-order valence-electron chi connectivity index (χ3n) is 3.65. The fourth-order valence-corrected chi connectivity index (χ4v) is 2.48. The summed E-state index contributed by atoms with van der Waals surface area (Å²) in [6, 6.07) is 8.35. The Hall–Kier alpha value is -3.29. The maximum atomic E-state index is 12.0. The van der Waals surface area contributed by atoms with Gasteiger partial charge in [-0.25, -0.2) is 4.79 Å². The smallest absolute Gasteiger partial charge is 0.337 e. The van der Waals surface area contributed by atoms with Crippen LogP contribution in [0.4, 0.5) is 5.82 Å². The summed E-state index contributed by atoms with van der Waals surface area (Å²) >= 11 is 0. The van der Waals surface area contributed by atoms with Crippen molar-refractivity contribution < 1.29 is 14.6 Å². The van der Waals surface area contributed by atoms with Crippen LogP contribution in [0.25, 0.3) is 10.9 Å². The summed E-state index contributed by atoms with van der Waals surface area (Å²) in [7, 11) is 3.04. The van der Waals surface area contributed by atoms with Gasteiger partial charge in [-0.05, 0) is 17.7 Å². The van der Waals surface area contributed by atoms with E-state index in [1.807, 2.05) is 0 Å². The van der Waals surface area contributed by atoms with E-state index in [-0.39, 0.29) is 5.88 Å². The first-order chi connectivity index (χ1) is 11.5. The highest BCUT2D eigenvalue weighted by Crippen LogP contribution is 2.21. The summed E-state index contributed by atoms with van der Waals surface area (Å²) in [5.74, 6) is -0.0719. The van der Waals surface area contributed by atoms with E-state index in [2.05, 4.69) is 20.1 Å². The molecule has 2 heterocycles. The van der Waals surface area contributed by atoms with Crippen LogP contribution in [0.3, 0.4) is 0 Å². The molecule has 2 aromatic heterocycles. The van der Waals surface area contributed by atoms with Crippen molar-refractivity contribution in [3.63, 3.8) is 0 Å². The molecule has 0 radical (unpaired) electrons. The van der Waals surface area contributed by atoms with E-state index in [9.17, 15) is 14.7 Å². The van der Waals surface area contributed by atoms with Gasteiger partial charge >= 0.3 is 5.97 Å². The number of hydrogen-bond donors (Lipinski definition) is 3. The number of carbonyl (C=O) groups is 1. The highest BCUT2D eigenvalue weighted by atomic mass is 16.5. The molecule has 0 saturated heterocycles.